The molecule has 6 aromatic rings. The molecule has 0 unspecified atom stereocenters. The Morgan fingerprint density at radius 2 is 0.795 bits per heavy atom. The maximum atomic E-state index is 2.31. The standard InChI is InChI=1S/C14H14.2C11H12P.Ti/c1-3-7-13(8-4-1)11-12-14-9-5-2-6-10-14;2*1-12(2)11-7-9-5-3-4-6-10(9)8-11;/h1-10H,11-12H2;2*3-8H,1-2H3;/q;2*-1;+2. The Hall–Kier alpha value is -2.33. The van der Waals surface area contributed by atoms with Gasteiger partial charge in [-0.15, -0.1) is 96.5 Å². The first-order valence-electron chi connectivity index (χ1n) is 13.2. The first-order valence-corrected chi connectivity index (χ1v) is 17.7. The van der Waals surface area contributed by atoms with Gasteiger partial charge >= 0.3 is 21.7 Å². The van der Waals surface area contributed by atoms with Crippen molar-refractivity contribution >= 4 is 48.0 Å². The summed E-state index contributed by atoms with van der Waals surface area (Å²) in [6, 6.07) is 47.6. The summed E-state index contributed by atoms with van der Waals surface area (Å²) in [5.41, 5.74) is 2.83. The summed E-state index contributed by atoms with van der Waals surface area (Å²) in [5.74, 6) is 0. The minimum absolute atomic E-state index is 0. The Bertz CT molecular complexity index is 1330. The van der Waals surface area contributed by atoms with Crippen molar-refractivity contribution in [2.45, 2.75) is 12.8 Å². The molecule has 0 aromatic heterocycles. The zero-order valence-corrected chi connectivity index (χ0v) is 26.9. The van der Waals surface area contributed by atoms with Crippen molar-refractivity contribution < 1.29 is 21.7 Å². The van der Waals surface area contributed by atoms with Crippen LogP contribution in [-0.2, 0) is 34.6 Å². The van der Waals surface area contributed by atoms with E-state index in [4.69, 9.17) is 0 Å². The normalized spacial score (nSPS) is 10.5. The summed E-state index contributed by atoms with van der Waals surface area (Å²) in [4.78, 5) is 0. The van der Waals surface area contributed by atoms with Gasteiger partial charge in [0.1, 0.15) is 0 Å². The molecule has 0 saturated heterocycles. The van der Waals surface area contributed by atoms with Crippen LogP contribution in [0.1, 0.15) is 11.1 Å². The van der Waals surface area contributed by atoms with Crippen LogP contribution in [0.15, 0.2) is 133 Å². The second-order valence-corrected chi connectivity index (χ2v) is 14.6. The quantitative estimate of drug-likeness (QED) is 0.108. The molecular weight excluding hydrogens is 542 g/mol. The van der Waals surface area contributed by atoms with Gasteiger partial charge in [0.25, 0.3) is 0 Å². The van der Waals surface area contributed by atoms with E-state index in [9.17, 15) is 0 Å². The van der Waals surface area contributed by atoms with Crippen molar-refractivity contribution in [3.8, 4) is 0 Å². The van der Waals surface area contributed by atoms with Gasteiger partial charge in [0.05, 0.1) is 0 Å². The van der Waals surface area contributed by atoms with Crippen LogP contribution < -0.4 is 10.6 Å². The molecule has 0 fully saturated rings. The van der Waals surface area contributed by atoms with Crippen LogP contribution in [0.25, 0.3) is 21.5 Å². The van der Waals surface area contributed by atoms with Gasteiger partial charge in [-0.25, -0.2) is 0 Å². The number of hydrogen-bond acceptors (Lipinski definition) is 0. The van der Waals surface area contributed by atoms with Crippen LogP contribution in [0.3, 0.4) is 0 Å². The van der Waals surface area contributed by atoms with E-state index in [1.165, 1.54) is 43.3 Å². The smallest absolute Gasteiger partial charge is 0.161 e. The molecule has 0 spiro atoms. The van der Waals surface area contributed by atoms with Crippen LogP contribution in [0.2, 0.25) is 0 Å². The van der Waals surface area contributed by atoms with E-state index in [-0.39, 0.29) is 37.6 Å². The zero-order chi connectivity index (χ0) is 26.7. The second-order valence-electron chi connectivity index (χ2n) is 9.94. The Morgan fingerprint density at radius 3 is 1.13 bits per heavy atom. The van der Waals surface area contributed by atoms with E-state index in [1.807, 2.05) is 0 Å². The summed E-state index contributed by atoms with van der Waals surface area (Å²) in [5, 5.41) is 8.53. The molecule has 0 heterocycles. The van der Waals surface area contributed by atoms with Crippen LogP contribution in [0.5, 0.6) is 0 Å². The molecule has 6 rings (SSSR count). The van der Waals surface area contributed by atoms with Crippen LogP contribution in [0.4, 0.5) is 0 Å². The number of hydrogen-bond donors (Lipinski definition) is 0. The molecule has 0 aliphatic heterocycles. The molecule has 0 N–H and O–H groups in total. The van der Waals surface area contributed by atoms with Crippen LogP contribution in [-0.4, -0.2) is 26.7 Å². The maximum Gasteiger partial charge on any atom is 2.00 e. The van der Waals surface area contributed by atoms with Gasteiger partial charge in [-0.05, 0) is 50.6 Å². The first-order chi connectivity index (χ1) is 18.5. The molecule has 0 atom stereocenters. The summed E-state index contributed by atoms with van der Waals surface area (Å²) in [6.45, 7) is 9.18. The SMILES string of the molecule is CP(C)c1cc2ccccc2[cH-]1.CP(C)c1cc2ccccc2[cH-]1.[Ti+2].c1ccc(CCc2ccccc2)cc1. The molecular formula is C36H38P2Ti. The molecule has 39 heavy (non-hydrogen) atoms. The molecule has 0 radical (unpaired) electrons. The number of rotatable bonds is 5. The van der Waals surface area contributed by atoms with Crippen LogP contribution in [0, 0.1) is 0 Å². The van der Waals surface area contributed by atoms with E-state index in [0.29, 0.717) is 0 Å². The topological polar surface area (TPSA) is 0 Å². The Kier molecular flexibility index (Phi) is 12.9. The number of fused-ring (bicyclic) bond motifs is 2. The van der Waals surface area contributed by atoms with Gasteiger partial charge in [-0.1, -0.05) is 72.8 Å². The van der Waals surface area contributed by atoms with Crippen molar-refractivity contribution in [3.63, 3.8) is 0 Å². The van der Waals surface area contributed by atoms with Gasteiger partial charge in [0, 0.05) is 0 Å². The molecule has 0 amide bonds. The van der Waals surface area contributed by atoms with Crippen molar-refractivity contribution in [2.75, 3.05) is 26.7 Å². The predicted octanol–water partition coefficient (Wildman–Crippen LogP) is 9.32. The fourth-order valence-corrected chi connectivity index (χ4v) is 5.95. The largest absolute Gasteiger partial charge is 2.00 e. The molecule has 0 aliphatic carbocycles. The average Bonchev–Trinajstić information content (AvgIpc) is 3.59. The van der Waals surface area contributed by atoms with Gasteiger partial charge in [0.2, 0.25) is 0 Å². The van der Waals surface area contributed by atoms with Gasteiger partial charge in [-0.2, -0.15) is 12.1 Å². The van der Waals surface area contributed by atoms with Crippen LogP contribution >= 0.6 is 15.8 Å². The fraction of sp³-hybridized carbons (Fsp3) is 0.167. The van der Waals surface area contributed by atoms with Crippen molar-refractivity contribution in [1.82, 2.24) is 0 Å². The van der Waals surface area contributed by atoms with E-state index in [2.05, 4.69) is 160 Å². The maximum absolute atomic E-state index is 2.31. The predicted molar refractivity (Wildman–Crippen MR) is 176 cm³/mol. The van der Waals surface area contributed by atoms with Gasteiger partial charge in [0.15, 0.2) is 0 Å². The van der Waals surface area contributed by atoms with Crippen molar-refractivity contribution in [3.05, 3.63) is 145 Å². The molecule has 6 aromatic carbocycles. The third-order valence-electron chi connectivity index (χ3n) is 6.63. The zero-order valence-electron chi connectivity index (χ0n) is 23.5. The Morgan fingerprint density at radius 1 is 0.462 bits per heavy atom. The fourth-order valence-electron chi connectivity index (χ4n) is 4.36. The summed E-state index contributed by atoms with van der Waals surface area (Å²) >= 11 is 0. The average molecular weight is 581 g/mol. The molecule has 0 nitrogen and oxygen atoms in total. The van der Waals surface area contributed by atoms with E-state index >= 15 is 0 Å². The Labute approximate surface area is 252 Å². The monoisotopic (exact) mass is 580 g/mol. The third-order valence-corrected chi connectivity index (χ3v) is 9.21. The molecule has 0 aliphatic rings. The third kappa shape index (κ3) is 9.67. The molecule has 3 heteroatoms. The van der Waals surface area contributed by atoms with Crippen molar-refractivity contribution in [2.24, 2.45) is 0 Å². The molecule has 0 saturated carbocycles. The van der Waals surface area contributed by atoms with Gasteiger partial charge in [-0.3, -0.25) is 0 Å². The first kappa shape index (κ1) is 31.2. The minimum atomic E-state index is 0. The van der Waals surface area contributed by atoms with E-state index < -0.39 is 0 Å². The summed E-state index contributed by atoms with van der Waals surface area (Å²) in [7, 11) is 0.115. The summed E-state index contributed by atoms with van der Waals surface area (Å²) < 4.78 is 0. The molecule has 0 bridgehead atoms. The number of benzene rings is 4. The van der Waals surface area contributed by atoms with E-state index in [0.717, 1.165) is 12.8 Å². The minimum Gasteiger partial charge on any atom is -0.161 e. The number of aryl methyl sites for hydroxylation is 2. The van der Waals surface area contributed by atoms with Crippen molar-refractivity contribution in [1.29, 1.82) is 0 Å². The second kappa shape index (κ2) is 16.1. The van der Waals surface area contributed by atoms with Gasteiger partial charge < -0.3 is 0 Å². The molecule has 196 valence electrons. The Balaban J connectivity index is 0.000000160. The summed E-state index contributed by atoms with van der Waals surface area (Å²) in [6.07, 6.45) is 2.26. The van der Waals surface area contributed by atoms with E-state index in [1.54, 1.807) is 0 Å².